The molecule has 16 heavy (non-hydrogen) atoms. The fraction of sp³-hybridized carbons (Fsp3) is 0.300. The number of alkyl halides is 3. The van der Waals surface area contributed by atoms with Crippen molar-refractivity contribution in [3.05, 3.63) is 30.3 Å². The number of carbonyl (C=O) groups excluding carboxylic acids is 1. The third-order valence-corrected chi connectivity index (χ3v) is 5.45. The second-order valence-electron chi connectivity index (χ2n) is 3.55. The Morgan fingerprint density at radius 2 is 1.75 bits per heavy atom. The number of rotatable bonds is 1. The highest BCUT2D eigenvalue weighted by atomic mass is 35.5. The summed E-state index contributed by atoms with van der Waals surface area (Å²) in [7, 11) is 0. The van der Waals surface area contributed by atoms with E-state index < -0.39 is 8.54 Å². The van der Waals surface area contributed by atoms with E-state index in [4.69, 9.17) is 34.8 Å². The van der Waals surface area contributed by atoms with Crippen LogP contribution < -0.4 is 4.31 Å². The van der Waals surface area contributed by atoms with E-state index in [1.807, 2.05) is 18.2 Å². The Balaban J connectivity index is 2.39. The van der Waals surface area contributed by atoms with E-state index in [2.05, 4.69) is 0 Å². The van der Waals surface area contributed by atoms with Crippen molar-refractivity contribution in [2.24, 2.45) is 0 Å². The first-order valence-electron chi connectivity index (χ1n) is 4.52. The molecule has 86 valence electrons. The summed E-state index contributed by atoms with van der Waals surface area (Å²) in [5.74, 6) is -0.310. The van der Waals surface area contributed by atoms with Crippen LogP contribution in [0.2, 0.25) is 0 Å². The van der Waals surface area contributed by atoms with Gasteiger partial charge in [0, 0.05) is 11.9 Å². The third-order valence-electron chi connectivity index (χ3n) is 2.33. The van der Waals surface area contributed by atoms with E-state index >= 15 is 0 Å². The van der Waals surface area contributed by atoms with Gasteiger partial charge >= 0.3 is 0 Å². The van der Waals surface area contributed by atoms with Crippen molar-refractivity contribution in [3.8, 4) is 0 Å². The number of anilines is 1. The molecule has 6 heteroatoms. The van der Waals surface area contributed by atoms with Crippen molar-refractivity contribution in [1.29, 1.82) is 0 Å². The van der Waals surface area contributed by atoms with Gasteiger partial charge in [0.15, 0.2) is 4.87 Å². The largest absolute Gasteiger partial charge is 0.271 e. The lowest BCUT2D eigenvalue weighted by Crippen LogP contribution is -2.39. The van der Waals surface area contributed by atoms with Gasteiger partial charge in [0.2, 0.25) is 3.67 Å². The second-order valence-corrected chi connectivity index (χ2v) is 7.24. The molecule has 0 aromatic heterocycles. The average Bonchev–Trinajstić information content (AvgIpc) is 2.40. The van der Waals surface area contributed by atoms with Gasteiger partial charge in [-0.2, -0.15) is 0 Å². The van der Waals surface area contributed by atoms with Gasteiger partial charge in [-0.1, -0.05) is 41.4 Å². The number of halogens is 3. The van der Waals surface area contributed by atoms with Gasteiger partial charge in [-0.25, -0.2) is 4.31 Å². The minimum absolute atomic E-state index is 0.310. The Kier molecular flexibility index (Phi) is 3.08. The molecule has 0 N–H and O–H groups in total. The van der Waals surface area contributed by atoms with Crippen molar-refractivity contribution >= 4 is 58.3 Å². The number of amides is 1. The molecule has 0 bridgehead atoms. The number of hydrogen-bond acceptors (Lipinski definition) is 2. The maximum absolute atomic E-state index is 12.0. The minimum atomic E-state index is -1.36. The standard InChI is InChI=1S/C10H8Cl3NOS/c1-9(11)8(15)14(16-10(9,12)13)7-5-3-2-4-6-7/h2-6H,1H3. The van der Waals surface area contributed by atoms with E-state index in [1.54, 1.807) is 12.1 Å². The fourth-order valence-corrected chi connectivity index (χ4v) is 3.08. The van der Waals surface area contributed by atoms with Crippen LogP contribution in [0.4, 0.5) is 5.69 Å². The van der Waals surface area contributed by atoms with Gasteiger partial charge in [0.25, 0.3) is 5.91 Å². The molecule has 1 saturated heterocycles. The first-order chi connectivity index (χ1) is 7.36. The second kappa shape index (κ2) is 3.98. The lowest BCUT2D eigenvalue weighted by molar-refractivity contribution is -0.118. The monoisotopic (exact) mass is 295 g/mol. The predicted molar refractivity (Wildman–Crippen MR) is 70.2 cm³/mol. The summed E-state index contributed by atoms with van der Waals surface area (Å²) in [6.07, 6.45) is 0. The van der Waals surface area contributed by atoms with Crippen LogP contribution in [-0.2, 0) is 4.79 Å². The first kappa shape index (κ1) is 12.4. The van der Waals surface area contributed by atoms with Crippen molar-refractivity contribution in [3.63, 3.8) is 0 Å². The van der Waals surface area contributed by atoms with E-state index in [9.17, 15) is 4.79 Å². The third kappa shape index (κ3) is 1.80. The summed E-state index contributed by atoms with van der Waals surface area (Å²) in [5, 5.41) is 0. The molecule has 0 aliphatic carbocycles. The molecule has 1 atom stereocenters. The van der Waals surface area contributed by atoms with Gasteiger partial charge in [-0.05, 0) is 19.1 Å². The molecule has 1 unspecified atom stereocenters. The van der Waals surface area contributed by atoms with Crippen LogP contribution in [0.1, 0.15) is 6.92 Å². The van der Waals surface area contributed by atoms with Gasteiger partial charge < -0.3 is 0 Å². The lowest BCUT2D eigenvalue weighted by Gasteiger charge is -2.20. The molecular formula is C10H8Cl3NOS. The topological polar surface area (TPSA) is 20.3 Å². The Bertz CT molecular complexity index is 421. The van der Waals surface area contributed by atoms with Crippen LogP contribution in [0.3, 0.4) is 0 Å². The molecule has 1 fully saturated rings. The smallest absolute Gasteiger partial charge is 0.262 e. The van der Waals surface area contributed by atoms with E-state index in [1.165, 1.54) is 11.2 Å². The fourth-order valence-electron chi connectivity index (χ4n) is 1.29. The van der Waals surface area contributed by atoms with Crippen LogP contribution in [0.25, 0.3) is 0 Å². The molecule has 0 radical (unpaired) electrons. The highest BCUT2D eigenvalue weighted by molar-refractivity contribution is 8.06. The molecular weight excluding hydrogens is 289 g/mol. The summed E-state index contributed by atoms with van der Waals surface area (Å²) in [6.45, 7) is 1.52. The maximum Gasteiger partial charge on any atom is 0.262 e. The Morgan fingerprint density at radius 3 is 2.19 bits per heavy atom. The molecule has 0 saturated carbocycles. The summed E-state index contributed by atoms with van der Waals surface area (Å²) in [6, 6.07) is 9.12. The maximum atomic E-state index is 12.0. The zero-order valence-electron chi connectivity index (χ0n) is 8.28. The van der Waals surface area contributed by atoms with Gasteiger partial charge in [0.1, 0.15) is 0 Å². The molecule has 1 aromatic carbocycles. The Labute approximate surface area is 113 Å². The van der Waals surface area contributed by atoms with Crippen LogP contribution in [0.5, 0.6) is 0 Å². The van der Waals surface area contributed by atoms with Crippen LogP contribution >= 0.6 is 46.8 Å². The van der Waals surface area contributed by atoms with Crippen molar-refractivity contribution in [2.75, 3.05) is 4.31 Å². The summed E-state index contributed by atoms with van der Waals surface area (Å²) in [5.41, 5.74) is 0.715. The number of nitrogens with zero attached hydrogens (tertiary/aromatic N) is 1. The van der Waals surface area contributed by atoms with Crippen LogP contribution in [0.15, 0.2) is 30.3 Å². The number of carbonyl (C=O) groups is 1. The van der Waals surface area contributed by atoms with E-state index in [-0.39, 0.29) is 5.91 Å². The molecule has 0 spiro atoms. The number of hydrogen-bond donors (Lipinski definition) is 0. The Morgan fingerprint density at radius 1 is 1.19 bits per heavy atom. The number of benzene rings is 1. The summed E-state index contributed by atoms with van der Waals surface area (Å²) < 4.78 is 0.0640. The Hall–Kier alpha value is -0.0900. The van der Waals surface area contributed by atoms with Gasteiger partial charge in [-0.15, -0.1) is 11.6 Å². The van der Waals surface area contributed by atoms with Crippen LogP contribution in [-0.4, -0.2) is 14.4 Å². The zero-order chi connectivity index (χ0) is 12.0. The highest BCUT2D eigenvalue weighted by Crippen LogP contribution is 2.57. The number of para-hydroxylation sites is 1. The van der Waals surface area contributed by atoms with Crippen molar-refractivity contribution in [2.45, 2.75) is 15.5 Å². The molecule has 1 aliphatic heterocycles. The van der Waals surface area contributed by atoms with Gasteiger partial charge in [-0.3, -0.25) is 4.79 Å². The van der Waals surface area contributed by atoms with Crippen molar-refractivity contribution < 1.29 is 4.79 Å². The van der Waals surface area contributed by atoms with E-state index in [0.29, 0.717) is 5.69 Å². The molecule has 2 nitrogen and oxygen atoms in total. The SMILES string of the molecule is CC1(Cl)C(=O)N(c2ccccc2)SC1(Cl)Cl. The van der Waals surface area contributed by atoms with E-state index in [0.717, 1.165) is 11.9 Å². The molecule has 1 aromatic rings. The molecule has 1 heterocycles. The first-order valence-corrected chi connectivity index (χ1v) is 6.42. The quantitative estimate of drug-likeness (QED) is 0.580. The molecule has 2 rings (SSSR count). The van der Waals surface area contributed by atoms with Crippen molar-refractivity contribution in [1.82, 2.24) is 0 Å². The molecule has 1 aliphatic rings. The molecule has 1 amide bonds. The lowest BCUT2D eigenvalue weighted by atomic mass is 10.2. The normalized spacial score (nSPS) is 28.5. The zero-order valence-corrected chi connectivity index (χ0v) is 11.4. The average molecular weight is 297 g/mol. The summed E-state index contributed by atoms with van der Waals surface area (Å²) >= 11 is 19.2. The predicted octanol–water partition coefficient (Wildman–Crippen LogP) is 3.81. The van der Waals surface area contributed by atoms with Gasteiger partial charge in [0.05, 0.1) is 5.69 Å². The minimum Gasteiger partial charge on any atom is -0.271 e. The summed E-state index contributed by atoms with van der Waals surface area (Å²) in [4.78, 5) is 10.7. The van der Waals surface area contributed by atoms with Crippen LogP contribution in [0, 0.1) is 0 Å². The highest BCUT2D eigenvalue weighted by Gasteiger charge is 2.61.